The predicted octanol–water partition coefficient (Wildman–Crippen LogP) is 1.35. The fourth-order valence-electron chi connectivity index (χ4n) is 6.99. The average Bonchev–Trinajstić information content (AvgIpc) is 3.60. The Kier molecular flexibility index (Phi) is 18.4. The molecule has 0 bridgehead atoms. The fourth-order valence-corrected chi connectivity index (χ4v) is 6.99. The van der Waals surface area contributed by atoms with Gasteiger partial charge in [0.05, 0.1) is 55.9 Å². The van der Waals surface area contributed by atoms with Crippen molar-refractivity contribution >= 4 is 23.6 Å². The molecule has 4 amide bonds. The minimum atomic E-state index is -0.856. The van der Waals surface area contributed by atoms with Crippen molar-refractivity contribution in [1.82, 2.24) is 25.8 Å². The minimum Gasteiger partial charge on any atom is -0.394 e. The van der Waals surface area contributed by atoms with Gasteiger partial charge in [0, 0.05) is 27.8 Å². The van der Waals surface area contributed by atoms with Gasteiger partial charge in [0.1, 0.15) is 12.1 Å². The second kappa shape index (κ2) is 21.3. The van der Waals surface area contributed by atoms with Gasteiger partial charge in [-0.05, 0) is 43.7 Å². The van der Waals surface area contributed by atoms with Gasteiger partial charge >= 0.3 is 0 Å². The van der Waals surface area contributed by atoms with E-state index < -0.39 is 54.8 Å². The van der Waals surface area contributed by atoms with Crippen LogP contribution in [0.3, 0.4) is 0 Å². The first-order valence-corrected chi connectivity index (χ1v) is 17.9. The van der Waals surface area contributed by atoms with Crippen molar-refractivity contribution in [2.75, 3.05) is 48.1 Å². The van der Waals surface area contributed by atoms with Gasteiger partial charge in [-0.2, -0.15) is 0 Å². The van der Waals surface area contributed by atoms with Gasteiger partial charge in [-0.25, -0.2) is 0 Å². The summed E-state index contributed by atoms with van der Waals surface area (Å²) in [5, 5.41) is 28.1. The Balaban J connectivity index is 2.23. The van der Waals surface area contributed by atoms with Crippen molar-refractivity contribution in [3.63, 3.8) is 0 Å². The van der Waals surface area contributed by atoms with Crippen molar-refractivity contribution < 1.29 is 38.9 Å². The Bertz CT molecular complexity index is 1200. The molecule has 1 aliphatic heterocycles. The number of methoxy groups -OCH3 is 2. The topological polar surface area (TPSA) is 170 Å². The SMILES string of the molecule is CC[C@H](C)[C@@H]([C@@H](CC(=O)N1CCC[C@H]1[C@H](OC)[C@@H](C)C(=O)N[C@H](CO)Cc1ccccc1)OC)N(C)C(=O)[C@@H](NC(=O)[C@@H](CO)NC)C(C)C. The number of ether oxygens (including phenoxy) is 2. The van der Waals surface area contributed by atoms with Gasteiger partial charge in [0.15, 0.2) is 0 Å². The van der Waals surface area contributed by atoms with Gasteiger partial charge in [-0.15, -0.1) is 0 Å². The summed E-state index contributed by atoms with van der Waals surface area (Å²) in [5.41, 5.74) is 1.000. The van der Waals surface area contributed by atoms with E-state index in [2.05, 4.69) is 16.0 Å². The van der Waals surface area contributed by atoms with Gasteiger partial charge in [-0.1, -0.05) is 71.4 Å². The van der Waals surface area contributed by atoms with Crippen LogP contribution in [0.2, 0.25) is 0 Å². The minimum absolute atomic E-state index is 0.00530. The number of hydrogen-bond donors (Lipinski definition) is 5. The lowest BCUT2D eigenvalue weighted by atomic mass is 9.89. The molecule has 13 heteroatoms. The lowest BCUT2D eigenvalue weighted by Gasteiger charge is -2.41. The summed E-state index contributed by atoms with van der Waals surface area (Å²) in [7, 11) is 6.32. The van der Waals surface area contributed by atoms with E-state index in [-0.39, 0.29) is 48.6 Å². The maximum atomic E-state index is 14.1. The average molecular weight is 706 g/mol. The van der Waals surface area contributed by atoms with Crippen LogP contribution in [-0.2, 0) is 35.1 Å². The molecule has 0 radical (unpaired) electrons. The zero-order valence-corrected chi connectivity index (χ0v) is 31.6. The van der Waals surface area contributed by atoms with E-state index in [1.807, 2.05) is 58.0 Å². The summed E-state index contributed by atoms with van der Waals surface area (Å²) in [6.45, 7) is 9.36. The molecule has 1 fully saturated rings. The number of nitrogens with zero attached hydrogens (tertiary/aromatic N) is 2. The highest BCUT2D eigenvalue weighted by Crippen LogP contribution is 2.29. The molecular formula is C37H63N5O8. The van der Waals surface area contributed by atoms with E-state index in [9.17, 15) is 29.4 Å². The molecule has 1 aromatic carbocycles. The van der Waals surface area contributed by atoms with Gasteiger partial charge in [0.25, 0.3) is 0 Å². The summed E-state index contributed by atoms with van der Waals surface area (Å²) < 4.78 is 11.8. The molecule has 0 unspecified atom stereocenters. The summed E-state index contributed by atoms with van der Waals surface area (Å²) in [5.74, 6) is -2.10. The molecule has 13 nitrogen and oxygen atoms in total. The first-order valence-electron chi connectivity index (χ1n) is 17.9. The molecule has 0 aliphatic carbocycles. The maximum absolute atomic E-state index is 14.1. The molecule has 9 atom stereocenters. The molecular weight excluding hydrogens is 642 g/mol. The van der Waals surface area contributed by atoms with E-state index >= 15 is 0 Å². The third-order valence-corrected chi connectivity index (χ3v) is 10.2. The summed E-state index contributed by atoms with van der Waals surface area (Å²) in [6, 6.07) is 6.64. The highest BCUT2D eigenvalue weighted by Gasteiger charge is 2.43. The van der Waals surface area contributed by atoms with E-state index in [1.54, 1.807) is 37.9 Å². The fraction of sp³-hybridized carbons (Fsp3) is 0.730. The van der Waals surface area contributed by atoms with E-state index in [0.717, 1.165) is 12.0 Å². The quantitative estimate of drug-likeness (QED) is 0.127. The Labute approximate surface area is 298 Å². The second-order valence-electron chi connectivity index (χ2n) is 13.9. The number of likely N-dealkylation sites (tertiary alicyclic amines) is 1. The largest absolute Gasteiger partial charge is 0.394 e. The lowest BCUT2D eigenvalue weighted by molar-refractivity contribution is -0.147. The Morgan fingerprint density at radius 1 is 0.980 bits per heavy atom. The van der Waals surface area contributed by atoms with Crippen LogP contribution >= 0.6 is 0 Å². The number of aliphatic hydroxyl groups excluding tert-OH is 2. The molecule has 0 aromatic heterocycles. The van der Waals surface area contributed by atoms with Crippen LogP contribution in [0.25, 0.3) is 0 Å². The van der Waals surface area contributed by atoms with Crippen molar-refractivity contribution in [3.05, 3.63) is 35.9 Å². The molecule has 1 heterocycles. The standard InChI is InChI=1S/C37H63N5O8/c1-10-24(4)33(41(7)37(48)32(23(2)3)40-36(47)28(22-44)38-6)30(49-8)20-31(45)42-18-14-17-29(42)34(50-9)25(5)35(46)39-27(21-43)19-26-15-12-11-13-16-26/h11-13,15-16,23-25,27-30,32-34,38,43-44H,10,14,17-22H2,1-9H3,(H,39,46)(H,40,47)/t24-,25+,27-,28+,29-,30+,32-,33-,34+/m0/s1. The first-order chi connectivity index (χ1) is 23.8. The molecule has 5 N–H and O–H groups in total. The molecule has 2 rings (SSSR count). The van der Waals surface area contributed by atoms with Crippen molar-refractivity contribution in [2.24, 2.45) is 17.8 Å². The maximum Gasteiger partial charge on any atom is 0.245 e. The van der Waals surface area contributed by atoms with E-state index in [4.69, 9.17) is 9.47 Å². The van der Waals surface area contributed by atoms with Crippen LogP contribution in [0, 0.1) is 17.8 Å². The highest BCUT2D eigenvalue weighted by molar-refractivity contribution is 5.90. The smallest absolute Gasteiger partial charge is 0.245 e. The Hall–Kier alpha value is -3.10. The van der Waals surface area contributed by atoms with Crippen LogP contribution in [0.1, 0.15) is 65.9 Å². The van der Waals surface area contributed by atoms with Crippen molar-refractivity contribution in [1.29, 1.82) is 0 Å². The number of aliphatic hydroxyl groups is 2. The van der Waals surface area contributed by atoms with Crippen LogP contribution in [0.4, 0.5) is 0 Å². The molecule has 0 saturated carbocycles. The van der Waals surface area contributed by atoms with Crippen LogP contribution in [0.15, 0.2) is 30.3 Å². The number of carbonyl (C=O) groups excluding carboxylic acids is 4. The van der Waals surface area contributed by atoms with Crippen LogP contribution in [-0.4, -0.2) is 134 Å². The number of likely N-dealkylation sites (N-methyl/N-ethyl adjacent to an activating group) is 2. The number of rotatable bonds is 21. The van der Waals surface area contributed by atoms with Gasteiger partial charge in [0.2, 0.25) is 23.6 Å². The zero-order valence-electron chi connectivity index (χ0n) is 31.6. The van der Waals surface area contributed by atoms with Crippen LogP contribution in [0.5, 0.6) is 0 Å². The Morgan fingerprint density at radius 3 is 2.16 bits per heavy atom. The number of carbonyl (C=O) groups is 4. The highest BCUT2D eigenvalue weighted by atomic mass is 16.5. The molecule has 1 saturated heterocycles. The summed E-state index contributed by atoms with van der Waals surface area (Å²) in [4.78, 5) is 57.6. The summed E-state index contributed by atoms with van der Waals surface area (Å²) >= 11 is 0. The van der Waals surface area contributed by atoms with Crippen LogP contribution < -0.4 is 16.0 Å². The third-order valence-electron chi connectivity index (χ3n) is 10.2. The van der Waals surface area contributed by atoms with Crippen molar-refractivity contribution in [3.8, 4) is 0 Å². The van der Waals surface area contributed by atoms with Crippen molar-refractivity contribution in [2.45, 2.75) is 109 Å². The third kappa shape index (κ3) is 11.5. The molecule has 1 aromatic rings. The predicted molar refractivity (Wildman–Crippen MR) is 192 cm³/mol. The zero-order chi connectivity index (χ0) is 37.5. The first kappa shape index (κ1) is 43.1. The number of benzene rings is 1. The van der Waals surface area contributed by atoms with Gasteiger partial charge in [-0.3, -0.25) is 19.2 Å². The number of amides is 4. The normalized spacial score (nSPS) is 19.5. The summed E-state index contributed by atoms with van der Waals surface area (Å²) in [6.07, 6.45) is 1.39. The lowest BCUT2D eigenvalue weighted by Crippen LogP contribution is -2.59. The molecule has 284 valence electrons. The number of hydrogen-bond acceptors (Lipinski definition) is 9. The Morgan fingerprint density at radius 2 is 1.64 bits per heavy atom. The second-order valence-corrected chi connectivity index (χ2v) is 13.9. The molecule has 50 heavy (non-hydrogen) atoms. The molecule has 1 aliphatic rings. The van der Waals surface area contributed by atoms with Gasteiger partial charge < -0.3 is 45.4 Å². The number of nitrogens with one attached hydrogen (secondary N) is 3. The van der Waals surface area contributed by atoms with E-state index in [0.29, 0.717) is 25.8 Å². The molecule has 0 spiro atoms. The monoisotopic (exact) mass is 705 g/mol. The van der Waals surface area contributed by atoms with E-state index in [1.165, 1.54) is 7.11 Å².